The van der Waals surface area contributed by atoms with E-state index in [1.807, 2.05) is 33.2 Å². The summed E-state index contributed by atoms with van der Waals surface area (Å²) in [5.74, 6) is 1.01. The van der Waals surface area contributed by atoms with Crippen LogP contribution in [0.2, 0.25) is 5.02 Å². The molecule has 0 saturated heterocycles. The highest BCUT2D eigenvalue weighted by Crippen LogP contribution is 2.20. The number of nitrogens with one attached hydrogen (secondary N) is 1. The first-order valence-corrected chi connectivity index (χ1v) is 6.40. The fourth-order valence-corrected chi connectivity index (χ4v) is 2.30. The smallest absolute Gasteiger partial charge is 0.106 e. The standard InChI is InChI=1S/C14H18ClN3/c1-10-4-5-12(14(15)6-10)9-18-11(2)17-8-13(18)7-16-3/h4-6,8,16H,7,9H2,1-3H3. The highest BCUT2D eigenvalue weighted by atomic mass is 35.5. The Kier molecular flexibility index (Phi) is 4.04. The molecule has 2 aromatic rings. The van der Waals surface area contributed by atoms with Gasteiger partial charge < -0.3 is 9.88 Å². The van der Waals surface area contributed by atoms with Gasteiger partial charge >= 0.3 is 0 Å². The van der Waals surface area contributed by atoms with Crippen molar-refractivity contribution in [3.8, 4) is 0 Å². The number of nitrogens with zero attached hydrogens (tertiary/aromatic N) is 2. The number of hydrogen-bond donors (Lipinski definition) is 1. The SMILES string of the molecule is CNCc1cnc(C)n1Cc1ccc(C)cc1Cl. The van der Waals surface area contributed by atoms with Gasteiger partial charge in [0, 0.05) is 17.8 Å². The molecule has 18 heavy (non-hydrogen) atoms. The van der Waals surface area contributed by atoms with Crippen molar-refractivity contribution in [2.75, 3.05) is 7.05 Å². The zero-order valence-electron chi connectivity index (χ0n) is 11.0. The number of aryl methyl sites for hydroxylation is 2. The minimum Gasteiger partial charge on any atom is -0.327 e. The Hall–Kier alpha value is -1.32. The first kappa shape index (κ1) is 13.1. The lowest BCUT2D eigenvalue weighted by molar-refractivity contribution is 0.676. The monoisotopic (exact) mass is 263 g/mol. The molecule has 0 radical (unpaired) electrons. The predicted octanol–water partition coefficient (Wildman–Crippen LogP) is 2.92. The summed E-state index contributed by atoms with van der Waals surface area (Å²) >= 11 is 6.28. The van der Waals surface area contributed by atoms with E-state index in [1.54, 1.807) is 0 Å². The van der Waals surface area contributed by atoms with Crippen LogP contribution in [0.1, 0.15) is 22.6 Å². The molecule has 0 fully saturated rings. The maximum atomic E-state index is 6.28. The van der Waals surface area contributed by atoms with Crippen molar-refractivity contribution in [1.29, 1.82) is 0 Å². The molecular weight excluding hydrogens is 246 g/mol. The highest BCUT2D eigenvalue weighted by Gasteiger charge is 2.08. The van der Waals surface area contributed by atoms with Crippen LogP contribution in [0.5, 0.6) is 0 Å². The van der Waals surface area contributed by atoms with Crippen LogP contribution in [0.25, 0.3) is 0 Å². The van der Waals surface area contributed by atoms with Crippen molar-refractivity contribution in [2.24, 2.45) is 0 Å². The molecule has 1 aromatic carbocycles. The van der Waals surface area contributed by atoms with Crippen LogP contribution < -0.4 is 5.32 Å². The van der Waals surface area contributed by atoms with Crippen molar-refractivity contribution in [1.82, 2.24) is 14.9 Å². The molecule has 3 nitrogen and oxygen atoms in total. The molecule has 1 N–H and O–H groups in total. The van der Waals surface area contributed by atoms with Gasteiger partial charge in [0.2, 0.25) is 0 Å². The summed E-state index contributed by atoms with van der Waals surface area (Å²) in [5.41, 5.74) is 3.48. The van der Waals surface area contributed by atoms with E-state index in [9.17, 15) is 0 Å². The molecule has 0 unspecified atom stereocenters. The van der Waals surface area contributed by atoms with Gasteiger partial charge in [-0.05, 0) is 38.1 Å². The maximum Gasteiger partial charge on any atom is 0.106 e. The van der Waals surface area contributed by atoms with Gasteiger partial charge in [0.1, 0.15) is 5.82 Å². The zero-order valence-corrected chi connectivity index (χ0v) is 11.8. The van der Waals surface area contributed by atoms with E-state index in [4.69, 9.17) is 11.6 Å². The van der Waals surface area contributed by atoms with Crippen LogP contribution >= 0.6 is 11.6 Å². The van der Waals surface area contributed by atoms with E-state index in [1.165, 1.54) is 11.3 Å². The summed E-state index contributed by atoms with van der Waals surface area (Å²) in [6, 6.07) is 6.17. The Balaban J connectivity index is 2.30. The molecule has 96 valence electrons. The average Bonchev–Trinajstić information content (AvgIpc) is 2.65. The largest absolute Gasteiger partial charge is 0.327 e. The van der Waals surface area contributed by atoms with Crippen molar-refractivity contribution in [3.05, 3.63) is 52.1 Å². The highest BCUT2D eigenvalue weighted by molar-refractivity contribution is 6.31. The van der Waals surface area contributed by atoms with E-state index >= 15 is 0 Å². The Morgan fingerprint density at radius 2 is 2.11 bits per heavy atom. The van der Waals surface area contributed by atoms with Gasteiger partial charge in [0.15, 0.2) is 0 Å². The molecule has 0 aliphatic rings. The number of benzene rings is 1. The molecule has 2 rings (SSSR count). The lowest BCUT2D eigenvalue weighted by Gasteiger charge is -2.12. The van der Waals surface area contributed by atoms with Gasteiger partial charge in [-0.1, -0.05) is 23.7 Å². The molecule has 0 spiro atoms. The lowest BCUT2D eigenvalue weighted by atomic mass is 10.1. The maximum absolute atomic E-state index is 6.28. The third-order valence-electron chi connectivity index (χ3n) is 3.03. The summed E-state index contributed by atoms with van der Waals surface area (Å²) in [7, 11) is 1.94. The van der Waals surface area contributed by atoms with Crippen molar-refractivity contribution in [2.45, 2.75) is 26.9 Å². The van der Waals surface area contributed by atoms with Crippen LogP contribution in [0.4, 0.5) is 0 Å². The topological polar surface area (TPSA) is 29.9 Å². The minimum atomic E-state index is 0.766. The Morgan fingerprint density at radius 3 is 2.78 bits per heavy atom. The zero-order chi connectivity index (χ0) is 13.1. The molecule has 0 atom stereocenters. The minimum absolute atomic E-state index is 0.766. The number of rotatable bonds is 4. The summed E-state index contributed by atoms with van der Waals surface area (Å²) in [5, 5.41) is 3.97. The normalized spacial score (nSPS) is 10.9. The van der Waals surface area contributed by atoms with Gasteiger partial charge in [0.05, 0.1) is 12.2 Å². The number of halogens is 1. The first-order valence-electron chi connectivity index (χ1n) is 6.02. The van der Waals surface area contributed by atoms with Gasteiger partial charge in [-0.3, -0.25) is 0 Å². The van der Waals surface area contributed by atoms with E-state index < -0.39 is 0 Å². The average molecular weight is 264 g/mol. The second-order valence-electron chi connectivity index (χ2n) is 4.51. The molecule has 1 heterocycles. The third kappa shape index (κ3) is 2.74. The molecule has 1 aromatic heterocycles. The molecule has 4 heteroatoms. The first-order chi connectivity index (χ1) is 8.61. The molecular formula is C14H18ClN3. The lowest BCUT2D eigenvalue weighted by Crippen LogP contribution is -2.13. The quantitative estimate of drug-likeness (QED) is 0.919. The van der Waals surface area contributed by atoms with Crippen molar-refractivity contribution < 1.29 is 0 Å². The summed E-state index contributed by atoms with van der Waals surface area (Å²) in [6.07, 6.45) is 1.91. The molecule has 0 amide bonds. The van der Waals surface area contributed by atoms with E-state index in [0.29, 0.717) is 0 Å². The molecule has 0 aliphatic carbocycles. The predicted molar refractivity (Wildman–Crippen MR) is 75.0 cm³/mol. The third-order valence-corrected chi connectivity index (χ3v) is 3.38. The molecule has 0 aliphatic heterocycles. The summed E-state index contributed by atoms with van der Waals surface area (Å²) in [4.78, 5) is 4.36. The fourth-order valence-electron chi connectivity index (χ4n) is 2.00. The van der Waals surface area contributed by atoms with Crippen LogP contribution in [0.3, 0.4) is 0 Å². The van der Waals surface area contributed by atoms with E-state index in [0.717, 1.165) is 29.5 Å². The molecule has 0 saturated carbocycles. The van der Waals surface area contributed by atoms with Crippen molar-refractivity contribution >= 4 is 11.6 Å². The number of imidazole rings is 1. The van der Waals surface area contributed by atoms with Crippen LogP contribution in [0, 0.1) is 13.8 Å². The summed E-state index contributed by atoms with van der Waals surface area (Å²) in [6.45, 7) is 5.64. The van der Waals surface area contributed by atoms with Gasteiger partial charge in [-0.15, -0.1) is 0 Å². The number of hydrogen-bond acceptors (Lipinski definition) is 2. The second-order valence-corrected chi connectivity index (χ2v) is 4.92. The number of aromatic nitrogens is 2. The second kappa shape index (κ2) is 5.55. The van der Waals surface area contributed by atoms with Gasteiger partial charge in [0.25, 0.3) is 0 Å². The Morgan fingerprint density at radius 1 is 1.33 bits per heavy atom. The molecule has 0 bridgehead atoms. The van der Waals surface area contributed by atoms with Crippen molar-refractivity contribution in [3.63, 3.8) is 0 Å². The van der Waals surface area contributed by atoms with Gasteiger partial charge in [-0.25, -0.2) is 4.98 Å². The van der Waals surface area contributed by atoms with Crippen LogP contribution in [0.15, 0.2) is 24.4 Å². The van der Waals surface area contributed by atoms with E-state index in [-0.39, 0.29) is 0 Å². The van der Waals surface area contributed by atoms with Gasteiger partial charge in [-0.2, -0.15) is 0 Å². The Bertz CT molecular complexity index is 546. The Labute approximate surface area is 113 Å². The summed E-state index contributed by atoms with van der Waals surface area (Å²) < 4.78 is 2.19. The van der Waals surface area contributed by atoms with E-state index in [2.05, 4.69) is 27.0 Å². The van der Waals surface area contributed by atoms with Crippen LogP contribution in [-0.4, -0.2) is 16.6 Å². The fraction of sp³-hybridized carbons (Fsp3) is 0.357. The van der Waals surface area contributed by atoms with Crippen LogP contribution in [-0.2, 0) is 13.1 Å².